The first-order chi connectivity index (χ1) is 15.2. The standard InChI is InChI=1S/C26H27N3O2/c27-22-11-5-7-13-24(22)29-19-26(21-10-4-6-12-23(21)29)14-16-28(17-15-26)25(30)31-18-20-8-2-1-3-9-20/h1-13H,14-19,27H2. The molecule has 5 rings (SSSR count). The second-order valence-corrected chi connectivity index (χ2v) is 8.47. The third kappa shape index (κ3) is 3.61. The van der Waals surface area contributed by atoms with E-state index >= 15 is 0 Å². The van der Waals surface area contributed by atoms with Crippen molar-refractivity contribution in [2.45, 2.75) is 24.9 Å². The van der Waals surface area contributed by atoms with Gasteiger partial charge in [-0.05, 0) is 42.2 Å². The minimum Gasteiger partial charge on any atom is -0.445 e. The van der Waals surface area contributed by atoms with Gasteiger partial charge in [0.1, 0.15) is 6.61 Å². The topological polar surface area (TPSA) is 58.8 Å². The number of piperidine rings is 1. The van der Waals surface area contributed by atoms with Crippen molar-refractivity contribution in [1.82, 2.24) is 4.90 Å². The summed E-state index contributed by atoms with van der Waals surface area (Å²) in [4.78, 5) is 16.8. The smallest absolute Gasteiger partial charge is 0.410 e. The van der Waals surface area contributed by atoms with Crippen LogP contribution in [0.15, 0.2) is 78.9 Å². The molecule has 0 atom stereocenters. The molecule has 0 aliphatic carbocycles. The summed E-state index contributed by atoms with van der Waals surface area (Å²) in [6.45, 7) is 2.58. The quantitative estimate of drug-likeness (QED) is 0.608. The summed E-state index contributed by atoms with van der Waals surface area (Å²) in [5.74, 6) is 0. The molecule has 5 heteroatoms. The maximum absolute atomic E-state index is 12.6. The molecule has 31 heavy (non-hydrogen) atoms. The van der Waals surface area contributed by atoms with Gasteiger partial charge in [0, 0.05) is 30.7 Å². The van der Waals surface area contributed by atoms with Crippen molar-refractivity contribution in [1.29, 1.82) is 0 Å². The number of rotatable bonds is 3. The molecule has 0 unspecified atom stereocenters. The summed E-state index contributed by atoms with van der Waals surface area (Å²) in [6, 6.07) is 26.5. The van der Waals surface area contributed by atoms with Crippen molar-refractivity contribution in [3.8, 4) is 0 Å². The Bertz CT molecular complexity index is 1070. The van der Waals surface area contributed by atoms with Crippen LogP contribution in [0.5, 0.6) is 0 Å². The van der Waals surface area contributed by atoms with Crippen molar-refractivity contribution < 1.29 is 9.53 Å². The number of benzene rings is 3. The molecule has 5 nitrogen and oxygen atoms in total. The number of likely N-dealkylation sites (tertiary alicyclic amines) is 1. The number of hydrogen-bond acceptors (Lipinski definition) is 4. The number of carbonyl (C=O) groups is 1. The summed E-state index contributed by atoms with van der Waals surface area (Å²) >= 11 is 0. The lowest BCUT2D eigenvalue weighted by atomic mass is 9.74. The third-order valence-electron chi connectivity index (χ3n) is 6.64. The Morgan fingerprint density at radius 1 is 0.871 bits per heavy atom. The molecule has 1 spiro atoms. The van der Waals surface area contributed by atoms with Crippen LogP contribution >= 0.6 is 0 Å². The van der Waals surface area contributed by atoms with Crippen molar-refractivity contribution in [2.24, 2.45) is 0 Å². The van der Waals surface area contributed by atoms with Gasteiger partial charge in [0.2, 0.25) is 0 Å². The molecule has 1 amide bonds. The van der Waals surface area contributed by atoms with Crippen LogP contribution in [0.2, 0.25) is 0 Å². The van der Waals surface area contributed by atoms with Crippen LogP contribution < -0.4 is 10.6 Å². The lowest BCUT2D eigenvalue weighted by Gasteiger charge is -2.39. The zero-order valence-corrected chi connectivity index (χ0v) is 17.5. The van der Waals surface area contributed by atoms with Gasteiger partial charge in [-0.2, -0.15) is 0 Å². The fourth-order valence-corrected chi connectivity index (χ4v) is 4.93. The van der Waals surface area contributed by atoms with Crippen LogP contribution in [0, 0.1) is 0 Å². The maximum atomic E-state index is 12.6. The Labute approximate surface area is 183 Å². The van der Waals surface area contributed by atoms with Gasteiger partial charge in [0.15, 0.2) is 0 Å². The number of nitrogen functional groups attached to an aromatic ring is 1. The van der Waals surface area contributed by atoms with Gasteiger partial charge in [-0.3, -0.25) is 0 Å². The van der Waals surface area contributed by atoms with Crippen LogP contribution in [-0.4, -0.2) is 30.6 Å². The monoisotopic (exact) mass is 413 g/mol. The number of ether oxygens (including phenoxy) is 1. The zero-order valence-electron chi connectivity index (χ0n) is 17.5. The molecule has 158 valence electrons. The van der Waals surface area contributed by atoms with Crippen LogP contribution in [0.1, 0.15) is 24.0 Å². The lowest BCUT2D eigenvalue weighted by Crippen LogP contribution is -2.47. The first kappa shape index (κ1) is 19.5. The van der Waals surface area contributed by atoms with Crippen molar-refractivity contribution in [3.63, 3.8) is 0 Å². The Morgan fingerprint density at radius 3 is 2.26 bits per heavy atom. The van der Waals surface area contributed by atoms with E-state index in [0.29, 0.717) is 19.7 Å². The number of amides is 1. The molecule has 2 heterocycles. The van der Waals surface area contributed by atoms with Crippen molar-refractivity contribution in [2.75, 3.05) is 30.3 Å². The summed E-state index contributed by atoms with van der Waals surface area (Å²) in [5, 5.41) is 0. The van der Waals surface area contributed by atoms with E-state index in [9.17, 15) is 4.79 Å². The predicted molar refractivity (Wildman–Crippen MR) is 123 cm³/mol. The Kier molecular flexibility index (Phi) is 5.02. The Morgan fingerprint density at radius 2 is 1.52 bits per heavy atom. The number of carbonyl (C=O) groups excluding carboxylic acids is 1. The first-order valence-corrected chi connectivity index (χ1v) is 10.8. The highest BCUT2D eigenvalue weighted by Gasteiger charge is 2.45. The number of nitrogens with zero attached hydrogens (tertiary/aromatic N) is 2. The molecule has 0 saturated carbocycles. The van der Waals surface area contributed by atoms with Gasteiger partial charge < -0.3 is 20.3 Å². The van der Waals surface area contributed by atoms with E-state index < -0.39 is 0 Å². The van der Waals surface area contributed by atoms with Gasteiger partial charge in [-0.1, -0.05) is 60.7 Å². The van der Waals surface area contributed by atoms with Gasteiger partial charge in [0.25, 0.3) is 0 Å². The molecule has 0 radical (unpaired) electrons. The average molecular weight is 414 g/mol. The lowest BCUT2D eigenvalue weighted by molar-refractivity contribution is 0.0791. The molecule has 3 aromatic carbocycles. The third-order valence-corrected chi connectivity index (χ3v) is 6.64. The van der Waals surface area contributed by atoms with E-state index in [-0.39, 0.29) is 11.5 Å². The summed E-state index contributed by atoms with van der Waals surface area (Å²) in [7, 11) is 0. The fourth-order valence-electron chi connectivity index (χ4n) is 4.93. The normalized spacial score (nSPS) is 16.9. The number of anilines is 3. The van der Waals surface area contributed by atoms with Crippen LogP contribution in [0.4, 0.5) is 21.9 Å². The molecule has 1 fully saturated rings. The summed E-state index contributed by atoms with van der Waals surface area (Å²) in [6.07, 6.45) is 1.59. The molecule has 3 aromatic rings. The van der Waals surface area contributed by atoms with Gasteiger partial charge in [-0.15, -0.1) is 0 Å². The summed E-state index contributed by atoms with van der Waals surface area (Å²) in [5.41, 5.74) is 11.8. The average Bonchev–Trinajstić information content (AvgIpc) is 3.13. The number of fused-ring (bicyclic) bond motifs is 2. The summed E-state index contributed by atoms with van der Waals surface area (Å²) < 4.78 is 5.55. The van der Waals surface area contributed by atoms with Gasteiger partial charge >= 0.3 is 6.09 Å². The van der Waals surface area contributed by atoms with E-state index in [1.807, 2.05) is 53.4 Å². The highest BCUT2D eigenvalue weighted by molar-refractivity contribution is 5.80. The van der Waals surface area contributed by atoms with Crippen LogP contribution in [-0.2, 0) is 16.8 Å². The molecule has 2 aliphatic heterocycles. The maximum Gasteiger partial charge on any atom is 0.410 e. The number of para-hydroxylation sites is 3. The Balaban J connectivity index is 1.31. The van der Waals surface area contributed by atoms with E-state index in [0.717, 1.165) is 36.3 Å². The zero-order chi connectivity index (χ0) is 21.3. The molecule has 0 bridgehead atoms. The van der Waals surface area contributed by atoms with Crippen molar-refractivity contribution >= 4 is 23.2 Å². The van der Waals surface area contributed by atoms with Crippen molar-refractivity contribution in [3.05, 3.63) is 90.0 Å². The predicted octanol–water partition coefficient (Wildman–Crippen LogP) is 5.09. The van der Waals surface area contributed by atoms with E-state index in [1.165, 1.54) is 11.3 Å². The minimum absolute atomic E-state index is 0.0229. The van der Waals surface area contributed by atoms with Crippen LogP contribution in [0.25, 0.3) is 0 Å². The second kappa shape index (κ2) is 7.99. The van der Waals surface area contributed by atoms with E-state index in [4.69, 9.17) is 10.5 Å². The van der Waals surface area contributed by atoms with Gasteiger partial charge in [-0.25, -0.2) is 4.79 Å². The SMILES string of the molecule is Nc1ccccc1N1CC2(CCN(C(=O)OCc3ccccc3)CC2)c2ccccc21. The second-order valence-electron chi connectivity index (χ2n) is 8.47. The largest absolute Gasteiger partial charge is 0.445 e. The molecule has 1 saturated heterocycles. The number of nitrogens with two attached hydrogens (primary N) is 1. The molecule has 2 N–H and O–H groups in total. The Hall–Kier alpha value is -3.47. The fraction of sp³-hybridized carbons (Fsp3) is 0.269. The molecule has 0 aromatic heterocycles. The highest BCUT2D eigenvalue weighted by atomic mass is 16.6. The van der Waals surface area contributed by atoms with Gasteiger partial charge in [0.05, 0.1) is 11.4 Å². The molecular weight excluding hydrogens is 386 g/mol. The molecule has 2 aliphatic rings. The van der Waals surface area contributed by atoms with Crippen LogP contribution in [0.3, 0.4) is 0 Å². The first-order valence-electron chi connectivity index (χ1n) is 10.8. The van der Waals surface area contributed by atoms with E-state index in [1.54, 1.807) is 0 Å². The highest BCUT2D eigenvalue weighted by Crippen LogP contribution is 2.50. The minimum atomic E-state index is -0.228. The molecular formula is C26H27N3O2. The van der Waals surface area contributed by atoms with E-state index in [2.05, 4.69) is 35.2 Å². The number of hydrogen-bond donors (Lipinski definition) is 1.